The van der Waals surface area contributed by atoms with Crippen LogP contribution in [0.1, 0.15) is 34.7 Å². The molecule has 26 heavy (non-hydrogen) atoms. The third-order valence-electron chi connectivity index (χ3n) is 4.15. The summed E-state index contributed by atoms with van der Waals surface area (Å²) < 4.78 is 5.00. The summed E-state index contributed by atoms with van der Waals surface area (Å²) in [5, 5.41) is 10.1. The van der Waals surface area contributed by atoms with Gasteiger partial charge in [0.1, 0.15) is 5.82 Å². The third kappa shape index (κ3) is 3.88. The first-order valence-electron chi connectivity index (χ1n) is 8.58. The lowest BCUT2D eigenvalue weighted by atomic mass is 10.1. The molecule has 1 aliphatic rings. The third-order valence-corrected chi connectivity index (χ3v) is 4.15. The predicted molar refractivity (Wildman–Crippen MR) is 96.5 cm³/mol. The Kier molecular flexibility index (Phi) is 4.35. The molecule has 4 rings (SSSR count). The van der Waals surface area contributed by atoms with Crippen LogP contribution in [-0.4, -0.2) is 27.1 Å². The van der Waals surface area contributed by atoms with E-state index in [9.17, 15) is 4.79 Å². The number of anilines is 1. The van der Waals surface area contributed by atoms with Gasteiger partial charge in [0.15, 0.2) is 0 Å². The largest absolute Gasteiger partial charge is 0.366 e. The minimum Gasteiger partial charge on any atom is -0.366 e. The molecule has 1 amide bonds. The first-order valence-corrected chi connectivity index (χ1v) is 8.58. The molecule has 2 heterocycles. The zero-order chi connectivity index (χ0) is 17.9. The monoisotopic (exact) mass is 349 g/mol. The minimum atomic E-state index is -0.0566. The van der Waals surface area contributed by atoms with Crippen molar-refractivity contribution in [3.8, 4) is 11.4 Å². The highest BCUT2D eigenvalue weighted by molar-refractivity contribution is 5.94. The van der Waals surface area contributed by atoms with Crippen molar-refractivity contribution in [2.45, 2.75) is 32.4 Å². The van der Waals surface area contributed by atoms with Crippen molar-refractivity contribution in [1.82, 2.24) is 20.4 Å². The lowest BCUT2D eigenvalue weighted by Crippen LogP contribution is -2.25. The van der Waals surface area contributed by atoms with Crippen LogP contribution >= 0.6 is 0 Å². The van der Waals surface area contributed by atoms with E-state index >= 15 is 0 Å². The Hall–Kier alpha value is -3.22. The predicted octanol–water partition coefficient (Wildman–Crippen LogP) is 2.94. The number of hydrogen-bond acceptors (Lipinski definition) is 6. The molecule has 1 fully saturated rings. The number of carbonyl (C=O) groups is 1. The van der Waals surface area contributed by atoms with Crippen molar-refractivity contribution in [1.29, 1.82) is 0 Å². The van der Waals surface area contributed by atoms with E-state index in [1.807, 2.05) is 30.3 Å². The van der Waals surface area contributed by atoms with Gasteiger partial charge in [-0.3, -0.25) is 4.79 Å². The minimum absolute atomic E-state index is 0.0566. The fourth-order valence-electron chi connectivity index (χ4n) is 2.51. The van der Waals surface area contributed by atoms with Gasteiger partial charge in [-0.05, 0) is 30.5 Å². The van der Waals surface area contributed by atoms with Crippen molar-refractivity contribution < 1.29 is 9.32 Å². The Balaban J connectivity index is 1.34. The number of nitrogens with zero attached hydrogens (tertiary/aromatic N) is 3. The van der Waals surface area contributed by atoms with E-state index in [0.29, 0.717) is 29.9 Å². The Labute approximate surface area is 150 Å². The number of benzene rings is 1. The highest BCUT2D eigenvalue weighted by Crippen LogP contribution is 2.20. The molecule has 0 atom stereocenters. The van der Waals surface area contributed by atoms with E-state index in [4.69, 9.17) is 4.52 Å². The molecule has 3 aromatic rings. The smallest absolute Gasteiger partial charge is 0.253 e. The van der Waals surface area contributed by atoms with Gasteiger partial charge in [-0.15, -0.1) is 0 Å². The zero-order valence-electron chi connectivity index (χ0n) is 14.4. The molecule has 1 saturated carbocycles. The summed E-state index contributed by atoms with van der Waals surface area (Å²) in [6.07, 6.45) is 3.75. The van der Waals surface area contributed by atoms with Crippen LogP contribution in [0.5, 0.6) is 0 Å². The Morgan fingerprint density at radius 2 is 2.00 bits per heavy atom. The Morgan fingerprint density at radius 1 is 1.19 bits per heavy atom. The summed E-state index contributed by atoms with van der Waals surface area (Å²) in [6.45, 7) is 2.40. The molecule has 7 nitrogen and oxygen atoms in total. The van der Waals surface area contributed by atoms with Gasteiger partial charge in [0.2, 0.25) is 11.7 Å². The van der Waals surface area contributed by atoms with Gasteiger partial charge in [-0.2, -0.15) is 4.98 Å². The maximum atomic E-state index is 11.9. The van der Waals surface area contributed by atoms with Gasteiger partial charge in [-0.25, -0.2) is 4.98 Å². The first-order chi connectivity index (χ1) is 12.7. The second-order valence-corrected chi connectivity index (χ2v) is 6.37. The molecular formula is C19H19N5O2. The maximum absolute atomic E-state index is 11.9. The number of aromatic nitrogens is 3. The molecule has 0 unspecified atom stereocenters. The molecular weight excluding hydrogens is 330 g/mol. The molecule has 1 aromatic carbocycles. The molecule has 0 bridgehead atoms. The van der Waals surface area contributed by atoms with Gasteiger partial charge < -0.3 is 15.2 Å². The fraction of sp³-hybridized carbons (Fsp3) is 0.263. The van der Waals surface area contributed by atoms with Crippen LogP contribution in [-0.2, 0) is 6.54 Å². The number of hydrogen-bond donors (Lipinski definition) is 2. The molecule has 0 radical (unpaired) electrons. The van der Waals surface area contributed by atoms with Gasteiger partial charge >= 0.3 is 0 Å². The number of nitrogens with one attached hydrogen (secondary N) is 2. The van der Waals surface area contributed by atoms with Crippen molar-refractivity contribution in [2.24, 2.45) is 0 Å². The van der Waals surface area contributed by atoms with E-state index < -0.39 is 0 Å². The standard InChI is InChI=1S/C19H19N5O2/c1-12-22-18(24-26-12)14-4-2-13(3-5-14)10-20-17-9-6-15(11-21-17)19(25)23-16-7-8-16/h2-6,9,11,16H,7-8,10H2,1H3,(H,20,21)(H,23,25). The van der Waals surface area contributed by atoms with E-state index in [2.05, 4.69) is 25.8 Å². The SMILES string of the molecule is Cc1nc(-c2ccc(CNc3ccc(C(=O)NC4CC4)cn3)cc2)no1. The molecule has 2 aromatic heterocycles. The maximum Gasteiger partial charge on any atom is 0.253 e. The summed E-state index contributed by atoms with van der Waals surface area (Å²) in [5.41, 5.74) is 2.60. The van der Waals surface area contributed by atoms with E-state index in [0.717, 1.165) is 29.8 Å². The van der Waals surface area contributed by atoms with Gasteiger partial charge in [0.05, 0.1) is 5.56 Å². The lowest BCUT2D eigenvalue weighted by Gasteiger charge is -2.07. The van der Waals surface area contributed by atoms with Crippen molar-refractivity contribution in [2.75, 3.05) is 5.32 Å². The Bertz CT molecular complexity index is 898. The summed E-state index contributed by atoms with van der Waals surface area (Å²) in [4.78, 5) is 20.5. The van der Waals surface area contributed by atoms with Crippen molar-refractivity contribution in [3.05, 3.63) is 59.6 Å². The molecule has 132 valence electrons. The van der Waals surface area contributed by atoms with Crippen LogP contribution in [0.4, 0.5) is 5.82 Å². The van der Waals surface area contributed by atoms with E-state index in [1.165, 1.54) is 0 Å². The second-order valence-electron chi connectivity index (χ2n) is 6.37. The van der Waals surface area contributed by atoms with Crippen molar-refractivity contribution >= 4 is 11.7 Å². The van der Waals surface area contributed by atoms with Crippen LogP contribution in [0, 0.1) is 6.92 Å². The summed E-state index contributed by atoms with van der Waals surface area (Å²) in [5.74, 6) is 1.81. The molecule has 0 spiro atoms. The van der Waals surface area contributed by atoms with Crippen molar-refractivity contribution in [3.63, 3.8) is 0 Å². The van der Waals surface area contributed by atoms with Gasteiger partial charge in [0, 0.05) is 31.3 Å². The number of aryl methyl sites for hydroxylation is 1. The fourth-order valence-corrected chi connectivity index (χ4v) is 2.51. The Morgan fingerprint density at radius 3 is 2.62 bits per heavy atom. The van der Waals surface area contributed by atoms with Crippen LogP contribution in [0.25, 0.3) is 11.4 Å². The van der Waals surface area contributed by atoms with Crippen LogP contribution in [0.3, 0.4) is 0 Å². The topological polar surface area (TPSA) is 92.9 Å². The van der Waals surface area contributed by atoms with Gasteiger partial charge in [-0.1, -0.05) is 29.4 Å². The van der Waals surface area contributed by atoms with Crippen LogP contribution in [0.15, 0.2) is 47.1 Å². The number of carbonyl (C=O) groups excluding carboxylic acids is 1. The lowest BCUT2D eigenvalue weighted by molar-refractivity contribution is 0.0950. The summed E-state index contributed by atoms with van der Waals surface area (Å²) in [6, 6.07) is 11.9. The highest BCUT2D eigenvalue weighted by atomic mass is 16.5. The normalized spacial score (nSPS) is 13.4. The van der Waals surface area contributed by atoms with Crippen LogP contribution < -0.4 is 10.6 Å². The highest BCUT2D eigenvalue weighted by Gasteiger charge is 2.23. The number of pyridine rings is 1. The molecule has 7 heteroatoms. The second kappa shape index (κ2) is 6.95. The number of amides is 1. The van der Waals surface area contributed by atoms with Crippen LogP contribution in [0.2, 0.25) is 0 Å². The van der Waals surface area contributed by atoms with E-state index in [-0.39, 0.29) is 5.91 Å². The van der Waals surface area contributed by atoms with E-state index in [1.54, 1.807) is 19.2 Å². The molecule has 2 N–H and O–H groups in total. The molecule has 0 saturated heterocycles. The average molecular weight is 349 g/mol. The zero-order valence-corrected chi connectivity index (χ0v) is 14.4. The quantitative estimate of drug-likeness (QED) is 0.711. The summed E-state index contributed by atoms with van der Waals surface area (Å²) >= 11 is 0. The number of rotatable bonds is 6. The summed E-state index contributed by atoms with van der Waals surface area (Å²) in [7, 11) is 0. The molecule has 1 aliphatic carbocycles. The average Bonchev–Trinajstić information content (AvgIpc) is 3.38. The molecule has 0 aliphatic heterocycles. The first kappa shape index (κ1) is 16.3. The van der Waals surface area contributed by atoms with Gasteiger partial charge in [0.25, 0.3) is 5.91 Å².